The first-order valence-corrected chi connectivity index (χ1v) is 7.30. The Morgan fingerprint density at radius 1 is 1.29 bits per heavy atom. The maximum Gasteiger partial charge on any atom is 0.250 e. The Labute approximate surface area is 124 Å². The highest BCUT2D eigenvalue weighted by Gasteiger charge is 2.48. The number of piperazine rings is 1. The van der Waals surface area contributed by atoms with Gasteiger partial charge in [-0.05, 0) is 25.8 Å². The molecule has 1 N–H and O–H groups in total. The number of carbonyl (C=O) groups is 2. The van der Waals surface area contributed by atoms with Crippen molar-refractivity contribution in [3.8, 4) is 0 Å². The number of carbonyl (C=O) groups excluding carboxylic acids is 2. The van der Waals surface area contributed by atoms with Gasteiger partial charge in [-0.15, -0.1) is 0 Å². The lowest BCUT2D eigenvalue weighted by Crippen LogP contribution is -2.63. The van der Waals surface area contributed by atoms with Gasteiger partial charge in [0.25, 0.3) is 5.91 Å². The zero-order chi connectivity index (χ0) is 15.0. The zero-order valence-corrected chi connectivity index (χ0v) is 12.3. The molecule has 0 aliphatic carbocycles. The minimum atomic E-state index is -0.600. The van der Waals surface area contributed by atoms with Crippen LogP contribution in [0.4, 0.5) is 0 Å². The van der Waals surface area contributed by atoms with Crippen molar-refractivity contribution in [2.24, 2.45) is 0 Å². The maximum atomic E-state index is 12.9. The maximum absolute atomic E-state index is 12.9. The molecular weight excluding hydrogens is 268 g/mol. The molecule has 3 unspecified atom stereocenters. The van der Waals surface area contributed by atoms with E-state index in [0.717, 1.165) is 12.0 Å². The smallest absolute Gasteiger partial charge is 0.250 e. The van der Waals surface area contributed by atoms with Crippen molar-refractivity contribution < 1.29 is 14.3 Å². The zero-order valence-electron chi connectivity index (χ0n) is 12.3. The van der Waals surface area contributed by atoms with E-state index in [-0.39, 0.29) is 24.5 Å². The summed E-state index contributed by atoms with van der Waals surface area (Å²) in [6.07, 6.45) is 0.693. The summed E-state index contributed by atoms with van der Waals surface area (Å²) in [6.45, 7) is 4.69. The second-order valence-electron chi connectivity index (χ2n) is 5.96. The van der Waals surface area contributed by atoms with E-state index in [2.05, 4.69) is 5.32 Å². The number of amides is 2. The average molecular weight is 288 g/mol. The normalized spacial score (nSPS) is 33.1. The van der Waals surface area contributed by atoms with Crippen LogP contribution in [0.1, 0.15) is 31.9 Å². The van der Waals surface area contributed by atoms with Gasteiger partial charge < -0.3 is 15.0 Å². The Bertz CT molecular complexity index is 560. The van der Waals surface area contributed by atoms with Crippen LogP contribution in [-0.2, 0) is 14.3 Å². The Hall–Kier alpha value is -1.88. The summed E-state index contributed by atoms with van der Waals surface area (Å²) in [7, 11) is 0. The molecule has 5 nitrogen and oxygen atoms in total. The van der Waals surface area contributed by atoms with Gasteiger partial charge in [0.1, 0.15) is 12.6 Å². The first-order chi connectivity index (χ1) is 10.0. The molecule has 2 fully saturated rings. The third kappa shape index (κ3) is 2.31. The van der Waals surface area contributed by atoms with Gasteiger partial charge in [-0.1, -0.05) is 30.3 Å². The van der Waals surface area contributed by atoms with Gasteiger partial charge in [-0.3, -0.25) is 9.59 Å². The van der Waals surface area contributed by atoms with Crippen LogP contribution in [0.2, 0.25) is 0 Å². The Morgan fingerprint density at radius 3 is 2.62 bits per heavy atom. The summed E-state index contributed by atoms with van der Waals surface area (Å²) < 4.78 is 5.62. The molecule has 5 heteroatoms. The highest BCUT2D eigenvalue weighted by Crippen LogP contribution is 2.35. The summed E-state index contributed by atoms with van der Waals surface area (Å²) in [5.74, 6) is -0.176. The number of hydrogen-bond donors (Lipinski definition) is 1. The van der Waals surface area contributed by atoms with Crippen molar-refractivity contribution in [1.82, 2.24) is 10.2 Å². The molecule has 0 radical (unpaired) electrons. The molecule has 2 heterocycles. The molecule has 21 heavy (non-hydrogen) atoms. The lowest BCUT2D eigenvalue weighted by Gasteiger charge is -2.44. The van der Waals surface area contributed by atoms with E-state index in [1.165, 1.54) is 0 Å². The molecule has 0 spiro atoms. The molecular formula is C16H20N2O3. The second-order valence-corrected chi connectivity index (χ2v) is 5.96. The van der Waals surface area contributed by atoms with Gasteiger partial charge in [0, 0.05) is 6.61 Å². The minimum absolute atomic E-state index is 0.0550. The van der Waals surface area contributed by atoms with Gasteiger partial charge in [0.05, 0.1) is 11.6 Å². The van der Waals surface area contributed by atoms with Crippen LogP contribution in [0.15, 0.2) is 30.3 Å². The van der Waals surface area contributed by atoms with Crippen LogP contribution in [0.5, 0.6) is 0 Å². The first kappa shape index (κ1) is 14.1. The van der Waals surface area contributed by atoms with Crippen LogP contribution in [0.25, 0.3) is 0 Å². The monoisotopic (exact) mass is 288 g/mol. The molecule has 2 amide bonds. The Balaban J connectivity index is 1.92. The number of benzene rings is 1. The lowest BCUT2D eigenvalue weighted by molar-refractivity contribution is -0.152. The van der Waals surface area contributed by atoms with Crippen LogP contribution in [0, 0.1) is 0 Å². The Morgan fingerprint density at radius 2 is 2.00 bits per heavy atom. The molecule has 2 aliphatic heterocycles. The van der Waals surface area contributed by atoms with Crippen molar-refractivity contribution in [3.63, 3.8) is 0 Å². The first-order valence-electron chi connectivity index (χ1n) is 7.30. The van der Waals surface area contributed by atoms with E-state index in [1.807, 2.05) is 44.2 Å². The highest BCUT2D eigenvalue weighted by molar-refractivity contribution is 5.96. The third-order valence-corrected chi connectivity index (χ3v) is 4.72. The average Bonchev–Trinajstić information content (AvgIpc) is 2.82. The van der Waals surface area contributed by atoms with Crippen molar-refractivity contribution in [2.45, 2.75) is 38.0 Å². The number of ether oxygens (including phenoxy) is 1. The molecule has 1 aromatic carbocycles. The predicted octanol–water partition coefficient (Wildman–Crippen LogP) is 1.25. The molecule has 3 atom stereocenters. The Kier molecular flexibility index (Phi) is 3.45. The summed E-state index contributed by atoms with van der Waals surface area (Å²) >= 11 is 0. The summed E-state index contributed by atoms with van der Waals surface area (Å²) in [5.41, 5.74) is 0.401. The SMILES string of the molecule is CC1OCCC1(C)N1CC(=O)NC(c2ccccc2)C1=O. The van der Waals surface area contributed by atoms with E-state index in [4.69, 9.17) is 4.74 Å². The van der Waals surface area contributed by atoms with Crippen molar-refractivity contribution in [3.05, 3.63) is 35.9 Å². The largest absolute Gasteiger partial charge is 0.376 e. The molecule has 112 valence electrons. The van der Waals surface area contributed by atoms with Gasteiger partial charge in [-0.2, -0.15) is 0 Å². The standard InChI is InChI=1S/C16H20N2O3/c1-11-16(2,8-9-21-11)18-10-13(19)17-14(15(18)20)12-6-4-3-5-7-12/h3-7,11,14H,8-10H2,1-2H3,(H,17,19). The van der Waals surface area contributed by atoms with Gasteiger partial charge >= 0.3 is 0 Å². The van der Waals surface area contributed by atoms with E-state index >= 15 is 0 Å². The molecule has 0 bridgehead atoms. The predicted molar refractivity (Wildman–Crippen MR) is 77.5 cm³/mol. The van der Waals surface area contributed by atoms with Gasteiger partial charge in [0.15, 0.2) is 0 Å². The lowest BCUT2D eigenvalue weighted by atomic mass is 9.89. The fraction of sp³-hybridized carbons (Fsp3) is 0.500. The van der Waals surface area contributed by atoms with Crippen molar-refractivity contribution in [1.29, 1.82) is 0 Å². The highest BCUT2D eigenvalue weighted by atomic mass is 16.5. The van der Waals surface area contributed by atoms with Crippen LogP contribution in [-0.4, -0.2) is 41.5 Å². The third-order valence-electron chi connectivity index (χ3n) is 4.72. The number of hydrogen-bond acceptors (Lipinski definition) is 3. The van der Waals surface area contributed by atoms with Gasteiger partial charge in [-0.25, -0.2) is 0 Å². The van der Waals surface area contributed by atoms with E-state index in [0.29, 0.717) is 6.61 Å². The molecule has 1 aromatic rings. The number of rotatable bonds is 2. The second kappa shape index (κ2) is 5.15. The van der Waals surface area contributed by atoms with Crippen molar-refractivity contribution in [2.75, 3.05) is 13.2 Å². The molecule has 0 saturated carbocycles. The van der Waals surface area contributed by atoms with E-state index in [1.54, 1.807) is 4.90 Å². The molecule has 0 aromatic heterocycles. The summed E-state index contributed by atoms with van der Waals surface area (Å²) in [5, 5.41) is 2.80. The topological polar surface area (TPSA) is 58.6 Å². The van der Waals surface area contributed by atoms with Gasteiger partial charge in [0.2, 0.25) is 5.91 Å². The van der Waals surface area contributed by atoms with Crippen LogP contribution >= 0.6 is 0 Å². The number of nitrogens with zero attached hydrogens (tertiary/aromatic N) is 1. The molecule has 2 aliphatic rings. The summed E-state index contributed by atoms with van der Waals surface area (Å²) in [6, 6.07) is 8.77. The fourth-order valence-corrected chi connectivity index (χ4v) is 3.13. The van der Waals surface area contributed by atoms with E-state index < -0.39 is 11.6 Å². The minimum Gasteiger partial charge on any atom is -0.376 e. The fourth-order valence-electron chi connectivity index (χ4n) is 3.13. The quantitative estimate of drug-likeness (QED) is 0.891. The molecule has 2 saturated heterocycles. The molecule has 3 rings (SSSR count). The van der Waals surface area contributed by atoms with Crippen molar-refractivity contribution >= 4 is 11.8 Å². The van der Waals surface area contributed by atoms with Crippen LogP contribution < -0.4 is 5.32 Å². The number of nitrogens with one attached hydrogen (secondary N) is 1. The van der Waals surface area contributed by atoms with Crippen LogP contribution in [0.3, 0.4) is 0 Å². The summed E-state index contributed by atoms with van der Waals surface area (Å²) in [4.78, 5) is 26.6. The van der Waals surface area contributed by atoms with E-state index in [9.17, 15) is 9.59 Å².